The average Bonchev–Trinajstić information content (AvgIpc) is 2.31. The zero-order chi connectivity index (χ0) is 8.43. The third-order valence-corrected chi connectivity index (χ3v) is 3.23. The quantitative estimate of drug-likeness (QED) is 0.659. The summed E-state index contributed by atoms with van der Waals surface area (Å²) in [5.74, 6) is -0.0359. The predicted molar refractivity (Wildman–Crippen MR) is 48.1 cm³/mol. The van der Waals surface area contributed by atoms with E-state index in [0.717, 1.165) is 14.8 Å². The molecule has 0 N–H and O–H groups in total. The van der Waals surface area contributed by atoms with Crippen molar-refractivity contribution in [2.24, 2.45) is 0 Å². The first-order valence-electron chi connectivity index (χ1n) is 3.30. The molecule has 1 aromatic heterocycles. The number of thiophene rings is 1. The molecule has 0 aliphatic carbocycles. The van der Waals surface area contributed by atoms with Gasteiger partial charge in [0.1, 0.15) is 0 Å². The van der Waals surface area contributed by atoms with Crippen LogP contribution in [0.4, 0.5) is 0 Å². The maximum Gasteiger partial charge on any atom is 0.0778 e. The minimum absolute atomic E-state index is 0.0359. The maximum atomic E-state index is 8.60. The molecule has 1 heterocycles. The van der Waals surface area contributed by atoms with Gasteiger partial charge in [-0.3, -0.25) is 0 Å². The summed E-state index contributed by atoms with van der Waals surface area (Å²) in [7, 11) is 0. The second-order valence-electron chi connectivity index (χ2n) is 2.40. The average molecular weight is 186 g/mol. The molecule has 1 unspecified atom stereocenters. The SMILES string of the molecule is Cc1sc(C(C)C#N)cc1Cl. The van der Waals surface area contributed by atoms with Gasteiger partial charge in [0.15, 0.2) is 0 Å². The highest BCUT2D eigenvalue weighted by atomic mass is 35.5. The normalized spacial score (nSPS) is 12.5. The van der Waals surface area contributed by atoms with Crippen LogP contribution in [0.25, 0.3) is 0 Å². The molecule has 0 amide bonds. The Hall–Kier alpha value is -0.520. The number of nitrogens with zero attached hydrogens (tertiary/aromatic N) is 1. The van der Waals surface area contributed by atoms with Crippen LogP contribution < -0.4 is 0 Å². The molecule has 0 bridgehead atoms. The predicted octanol–water partition coefficient (Wildman–Crippen LogP) is 3.34. The second-order valence-corrected chi connectivity index (χ2v) is 4.10. The van der Waals surface area contributed by atoms with Crippen LogP contribution in [0.5, 0.6) is 0 Å². The van der Waals surface area contributed by atoms with Gasteiger partial charge in [0.25, 0.3) is 0 Å². The Labute approximate surface area is 75.2 Å². The van der Waals surface area contributed by atoms with Crippen molar-refractivity contribution >= 4 is 22.9 Å². The van der Waals surface area contributed by atoms with Gasteiger partial charge in [-0.15, -0.1) is 11.3 Å². The third kappa shape index (κ3) is 1.74. The van der Waals surface area contributed by atoms with Crippen molar-refractivity contribution < 1.29 is 0 Å². The number of aryl methyl sites for hydroxylation is 1. The van der Waals surface area contributed by atoms with Gasteiger partial charge in [-0.2, -0.15) is 5.26 Å². The van der Waals surface area contributed by atoms with Crippen molar-refractivity contribution in [1.29, 1.82) is 5.26 Å². The van der Waals surface area contributed by atoms with Gasteiger partial charge in [0.05, 0.1) is 17.0 Å². The van der Waals surface area contributed by atoms with Gasteiger partial charge in [0, 0.05) is 9.75 Å². The van der Waals surface area contributed by atoms with Crippen molar-refractivity contribution in [1.82, 2.24) is 0 Å². The summed E-state index contributed by atoms with van der Waals surface area (Å²) in [4.78, 5) is 2.14. The zero-order valence-electron chi connectivity index (χ0n) is 6.39. The molecule has 1 aromatic rings. The smallest absolute Gasteiger partial charge is 0.0778 e. The molecule has 1 nitrogen and oxygen atoms in total. The zero-order valence-corrected chi connectivity index (χ0v) is 7.96. The van der Waals surface area contributed by atoms with Crippen LogP contribution in [0, 0.1) is 18.3 Å². The summed E-state index contributed by atoms with van der Waals surface area (Å²) in [5.41, 5.74) is 0. The lowest BCUT2D eigenvalue weighted by atomic mass is 10.2. The van der Waals surface area contributed by atoms with E-state index in [1.165, 1.54) is 0 Å². The molecule has 0 saturated heterocycles. The fourth-order valence-electron chi connectivity index (χ4n) is 0.759. The fraction of sp³-hybridized carbons (Fsp3) is 0.375. The highest BCUT2D eigenvalue weighted by Gasteiger charge is 2.08. The molecule has 0 radical (unpaired) electrons. The van der Waals surface area contributed by atoms with Gasteiger partial charge < -0.3 is 0 Å². The topological polar surface area (TPSA) is 23.8 Å². The van der Waals surface area contributed by atoms with Gasteiger partial charge in [-0.1, -0.05) is 11.6 Å². The first-order valence-corrected chi connectivity index (χ1v) is 4.50. The van der Waals surface area contributed by atoms with E-state index in [0.29, 0.717) is 0 Å². The number of nitriles is 1. The lowest BCUT2D eigenvalue weighted by Gasteiger charge is -1.93. The largest absolute Gasteiger partial charge is 0.198 e. The monoisotopic (exact) mass is 185 g/mol. The van der Waals surface area contributed by atoms with E-state index in [9.17, 15) is 0 Å². The van der Waals surface area contributed by atoms with Gasteiger partial charge in [-0.05, 0) is 19.9 Å². The van der Waals surface area contributed by atoms with Crippen molar-refractivity contribution in [3.8, 4) is 6.07 Å². The molecule has 0 spiro atoms. The van der Waals surface area contributed by atoms with E-state index in [1.807, 2.05) is 19.9 Å². The molecular weight excluding hydrogens is 178 g/mol. The highest BCUT2D eigenvalue weighted by Crippen LogP contribution is 2.30. The lowest BCUT2D eigenvalue weighted by molar-refractivity contribution is 1.01. The summed E-state index contributed by atoms with van der Waals surface area (Å²) in [5, 5.41) is 9.37. The Morgan fingerprint density at radius 1 is 1.73 bits per heavy atom. The molecule has 0 saturated carbocycles. The van der Waals surface area contributed by atoms with Crippen molar-refractivity contribution in [3.63, 3.8) is 0 Å². The van der Waals surface area contributed by atoms with Crippen LogP contribution in [-0.4, -0.2) is 0 Å². The number of rotatable bonds is 1. The summed E-state index contributed by atoms with van der Waals surface area (Å²) in [6.07, 6.45) is 0. The summed E-state index contributed by atoms with van der Waals surface area (Å²) in [6.45, 7) is 3.84. The van der Waals surface area contributed by atoms with E-state index in [1.54, 1.807) is 11.3 Å². The lowest BCUT2D eigenvalue weighted by Crippen LogP contribution is -1.81. The van der Waals surface area contributed by atoms with E-state index in [4.69, 9.17) is 16.9 Å². The summed E-state index contributed by atoms with van der Waals surface area (Å²) >= 11 is 7.42. The van der Waals surface area contributed by atoms with Crippen LogP contribution in [0.1, 0.15) is 22.6 Å². The molecule has 3 heteroatoms. The Balaban J connectivity index is 2.99. The molecule has 1 atom stereocenters. The Morgan fingerprint density at radius 2 is 2.36 bits per heavy atom. The minimum atomic E-state index is -0.0359. The first-order chi connectivity index (χ1) is 5.15. The molecule has 0 aromatic carbocycles. The van der Waals surface area contributed by atoms with Crippen LogP contribution in [0.15, 0.2) is 6.07 Å². The Morgan fingerprint density at radius 3 is 2.73 bits per heavy atom. The van der Waals surface area contributed by atoms with Crippen LogP contribution in [0.2, 0.25) is 5.02 Å². The van der Waals surface area contributed by atoms with Crippen molar-refractivity contribution in [2.45, 2.75) is 19.8 Å². The minimum Gasteiger partial charge on any atom is -0.198 e. The van der Waals surface area contributed by atoms with E-state index in [-0.39, 0.29) is 5.92 Å². The molecular formula is C8H8ClNS. The molecule has 11 heavy (non-hydrogen) atoms. The van der Waals surface area contributed by atoms with Crippen LogP contribution in [-0.2, 0) is 0 Å². The Bertz CT molecular complexity index is 278. The van der Waals surface area contributed by atoms with Crippen molar-refractivity contribution in [3.05, 3.63) is 20.8 Å². The molecule has 0 fully saturated rings. The second kappa shape index (κ2) is 3.25. The maximum absolute atomic E-state index is 8.60. The number of hydrogen-bond donors (Lipinski definition) is 0. The van der Waals surface area contributed by atoms with Gasteiger partial charge >= 0.3 is 0 Å². The third-order valence-electron chi connectivity index (χ3n) is 1.50. The van der Waals surface area contributed by atoms with Gasteiger partial charge in [0.2, 0.25) is 0 Å². The van der Waals surface area contributed by atoms with E-state index < -0.39 is 0 Å². The van der Waals surface area contributed by atoms with Crippen LogP contribution in [0.3, 0.4) is 0 Å². The molecule has 0 aliphatic heterocycles. The number of halogens is 1. The molecule has 0 aliphatic rings. The van der Waals surface area contributed by atoms with E-state index in [2.05, 4.69) is 6.07 Å². The highest BCUT2D eigenvalue weighted by molar-refractivity contribution is 7.12. The molecule has 58 valence electrons. The summed E-state index contributed by atoms with van der Waals surface area (Å²) < 4.78 is 0. The summed E-state index contributed by atoms with van der Waals surface area (Å²) in [6, 6.07) is 4.04. The number of hydrogen-bond acceptors (Lipinski definition) is 2. The molecule has 1 rings (SSSR count). The standard InChI is InChI=1S/C8H8ClNS/c1-5(4-10)8-3-7(9)6(2)11-8/h3,5H,1-2H3. The van der Waals surface area contributed by atoms with Gasteiger partial charge in [-0.25, -0.2) is 0 Å². The fourth-order valence-corrected chi connectivity index (χ4v) is 1.97. The van der Waals surface area contributed by atoms with Crippen LogP contribution >= 0.6 is 22.9 Å². The van der Waals surface area contributed by atoms with E-state index >= 15 is 0 Å². The first kappa shape index (κ1) is 8.58. The Kier molecular flexibility index (Phi) is 2.53. The van der Waals surface area contributed by atoms with Crippen molar-refractivity contribution in [2.75, 3.05) is 0 Å².